The number of carbonyl (C=O) groups is 3. The molecular weight excluding hydrogens is 601 g/mol. The van der Waals surface area contributed by atoms with Crippen molar-refractivity contribution in [1.29, 1.82) is 0 Å². The number of fused-ring (bicyclic) bond motifs is 1. The molecule has 4 heterocycles. The molecule has 2 aromatic rings. The Bertz CT molecular complexity index is 1140. The number of alkyl halides is 9. The molecule has 2 aliphatic heterocycles. The molecule has 238 valence electrons. The van der Waals surface area contributed by atoms with E-state index < -0.39 is 36.4 Å². The van der Waals surface area contributed by atoms with Gasteiger partial charge in [0.25, 0.3) is 0 Å². The van der Waals surface area contributed by atoms with Crippen LogP contribution in [0.2, 0.25) is 0 Å². The minimum atomic E-state index is -5.08. The van der Waals surface area contributed by atoms with Crippen LogP contribution in [0.1, 0.15) is 24.6 Å². The summed E-state index contributed by atoms with van der Waals surface area (Å²) >= 11 is 0. The first kappa shape index (κ1) is 36.2. The summed E-state index contributed by atoms with van der Waals surface area (Å²) in [5.41, 5.74) is 2.24. The molecule has 4 rings (SSSR count). The van der Waals surface area contributed by atoms with Crippen molar-refractivity contribution in [3.8, 4) is 0 Å². The number of hydrogen-bond acceptors (Lipinski definition) is 7. The summed E-state index contributed by atoms with van der Waals surface area (Å²) < 4.78 is 97.5. The van der Waals surface area contributed by atoms with Crippen molar-refractivity contribution in [3.05, 3.63) is 30.1 Å². The van der Waals surface area contributed by atoms with Crippen LogP contribution in [0.15, 0.2) is 24.4 Å². The second kappa shape index (κ2) is 14.9. The Kier molecular flexibility index (Phi) is 12.8. The van der Waals surface area contributed by atoms with Crippen LogP contribution in [0.5, 0.6) is 0 Å². The smallest absolute Gasteiger partial charge is 0.475 e. The average molecular weight is 627 g/mol. The lowest BCUT2D eigenvalue weighted by molar-refractivity contribution is -0.193. The first-order valence-electron chi connectivity index (χ1n) is 11.7. The van der Waals surface area contributed by atoms with E-state index in [-0.39, 0.29) is 0 Å². The standard InChI is InChI=1S/C16H23N5.3C2HF3O2/c1-19-10-7-17-11-14(19)13-12-21-15(18-13)5-4-6-16(21)20-8-2-3-9-20;3*3-2(4,5)1(6)7/h4-6,12,14,17H,2-3,7-11H2,1H3;3*(H,6,7). The van der Waals surface area contributed by atoms with Crippen LogP contribution in [0.3, 0.4) is 0 Å². The molecule has 0 saturated carbocycles. The summed E-state index contributed by atoms with van der Waals surface area (Å²) in [7, 11) is 2.19. The summed E-state index contributed by atoms with van der Waals surface area (Å²) in [5, 5.41) is 24.9. The number of pyridine rings is 1. The Balaban J connectivity index is 0.000000348. The number of piperazine rings is 1. The van der Waals surface area contributed by atoms with Gasteiger partial charge in [0.1, 0.15) is 11.5 Å². The van der Waals surface area contributed by atoms with Gasteiger partial charge in [-0.25, -0.2) is 19.4 Å². The lowest BCUT2D eigenvalue weighted by Crippen LogP contribution is -2.43. The van der Waals surface area contributed by atoms with E-state index in [1.54, 1.807) is 0 Å². The molecule has 2 aliphatic rings. The van der Waals surface area contributed by atoms with Crippen LogP contribution in [-0.2, 0) is 14.4 Å². The number of imidazole rings is 1. The molecule has 1 unspecified atom stereocenters. The maximum absolute atomic E-state index is 10.6. The molecule has 0 aliphatic carbocycles. The van der Waals surface area contributed by atoms with Gasteiger partial charge in [-0.1, -0.05) is 6.07 Å². The molecule has 4 N–H and O–H groups in total. The number of anilines is 1. The SMILES string of the molecule is CN1CCNCC1c1cn2c(N3CCCC3)cccc2n1.O=C(O)C(F)(F)F.O=C(O)C(F)(F)F.O=C(O)C(F)(F)F. The van der Waals surface area contributed by atoms with E-state index in [0.717, 1.165) is 38.4 Å². The van der Waals surface area contributed by atoms with Gasteiger partial charge in [0, 0.05) is 38.9 Å². The van der Waals surface area contributed by atoms with Gasteiger partial charge in [-0.15, -0.1) is 0 Å². The molecule has 11 nitrogen and oxygen atoms in total. The van der Waals surface area contributed by atoms with Gasteiger partial charge >= 0.3 is 36.4 Å². The van der Waals surface area contributed by atoms with E-state index in [1.165, 1.54) is 24.4 Å². The van der Waals surface area contributed by atoms with Crippen LogP contribution in [0, 0.1) is 0 Å². The van der Waals surface area contributed by atoms with Crippen LogP contribution in [0.4, 0.5) is 45.3 Å². The number of carboxylic acid groups (broad SMARTS) is 3. The van der Waals surface area contributed by atoms with E-state index in [4.69, 9.17) is 34.7 Å². The van der Waals surface area contributed by atoms with Crippen molar-refractivity contribution < 1.29 is 69.2 Å². The number of nitrogens with zero attached hydrogens (tertiary/aromatic N) is 4. The third kappa shape index (κ3) is 11.6. The van der Waals surface area contributed by atoms with Crippen molar-refractivity contribution in [2.75, 3.05) is 44.7 Å². The maximum Gasteiger partial charge on any atom is 0.490 e. The van der Waals surface area contributed by atoms with Gasteiger partial charge in [-0.2, -0.15) is 39.5 Å². The summed E-state index contributed by atoms with van der Waals surface area (Å²) in [6, 6.07) is 6.83. The van der Waals surface area contributed by atoms with Crippen LogP contribution in [-0.4, -0.2) is 106 Å². The third-order valence-corrected chi connectivity index (χ3v) is 5.50. The Morgan fingerprint density at radius 1 is 0.833 bits per heavy atom. The Labute approximate surface area is 231 Å². The lowest BCUT2D eigenvalue weighted by atomic mass is 10.1. The number of aliphatic carboxylic acids is 3. The van der Waals surface area contributed by atoms with Crippen molar-refractivity contribution >= 4 is 29.4 Å². The highest BCUT2D eigenvalue weighted by atomic mass is 19.4. The fourth-order valence-corrected chi connectivity index (χ4v) is 3.52. The molecule has 0 amide bonds. The molecule has 2 saturated heterocycles. The quantitative estimate of drug-likeness (QED) is 0.366. The monoisotopic (exact) mass is 627 g/mol. The van der Waals surface area contributed by atoms with Gasteiger partial charge in [0.15, 0.2) is 0 Å². The predicted molar refractivity (Wildman–Crippen MR) is 126 cm³/mol. The zero-order chi connectivity index (χ0) is 32.5. The molecule has 0 radical (unpaired) electrons. The maximum atomic E-state index is 10.6. The van der Waals surface area contributed by atoms with E-state index in [2.05, 4.69) is 51.0 Å². The first-order valence-corrected chi connectivity index (χ1v) is 11.7. The van der Waals surface area contributed by atoms with Crippen molar-refractivity contribution in [2.24, 2.45) is 0 Å². The molecule has 2 aromatic heterocycles. The summed E-state index contributed by atoms with van der Waals surface area (Å²) in [6.07, 6.45) is -10.4. The number of likely N-dealkylation sites (N-methyl/N-ethyl adjacent to an activating group) is 1. The highest BCUT2D eigenvalue weighted by molar-refractivity contribution is 5.73. The normalized spacial score (nSPS) is 17.7. The van der Waals surface area contributed by atoms with E-state index in [0.29, 0.717) is 6.04 Å². The fourth-order valence-electron chi connectivity index (χ4n) is 3.52. The zero-order valence-electron chi connectivity index (χ0n) is 21.6. The molecule has 42 heavy (non-hydrogen) atoms. The van der Waals surface area contributed by atoms with Gasteiger partial charge < -0.3 is 25.5 Å². The van der Waals surface area contributed by atoms with Crippen molar-refractivity contribution in [3.63, 3.8) is 0 Å². The minimum Gasteiger partial charge on any atom is -0.475 e. The van der Waals surface area contributed by atoms with E-state index in [1.807, 2.05) is 0 Å². The van der Waals surface area contributed by atoms with E-state index in [9.17, 15) is 39.5 Å². The van der Waals surface area contributed by atoms with E-state index >= 15 is 0 Å². The number of halogens is 9. The third-order valence-electron chi connectivity index (χ3n) is 5.50. The molecule has 20 heteroatoms. The number of carboxylic acids is 3. The second-order valence-corrected chi connectivity index (χ2v) is 8.58. The number of hydrogen-bond donors (Lipinski definition) is 4. The largest absolute Gasteiger partial charge is 0.490 e. The number of rotatable bonds is 2. The van der Waals surface area contributed by atoms with Crippen LogP contribution in [0.25, 0.3) is 5.65 Å². The molecular formula is C22H26F9N5O6. The highest BCUT2D eigenvalue weighted by Gasteiger charge is 2.39. The van der Waals surface area contributed by atoms with Crippen LogP contribution < -0.4 is 10.2 Å². The van der Waals surface area contributed by atoms with Crippen LogP contribution >= 0.6 is 0 Å². The Hall–Kier alpha value is -3.81. The molecule has 2 fully saturated rings. The second-order valence-electron chi connectivity index (χ2n) is 8.58. The molecule has 0 spiro atoms. The Morgan fingerprint density at radius 3 is 1.69 bits per heavy atom. The summed E-state index contributed by atoms with van der Waals surface area (Å²) in [4.78, 5) is 36.4. The van der Waals surface area contributed by atoms with Crippen molar-refractivity contribution in [2.45, 2.75) is 37.4 Å². The lowest BCUT2D eigenvalue weighted by Gasteiger charge is -2.31. The number of nitrogens with one attached hydrogen (secondary N) is 1. The summed E-state index contributed by atoms with van der Waals surface area (Å²) in [6.45, 7) is 5.46. The molecule has 0 bridgehead atoms. The van der Waals surface area contributed by atoms with Gasteiger partial charge in [-0.3, -0.25) is 9.30 Å². The van der Waals surface area contributed by atoms with Gasteiger partial charge in [0.2, 0.25) is 0 Å². The molecule has 0 aromatic carbocycles. The summed E-state index contributed by atoms with van der Waals surface area (Å²) in [5.74, 6) is -6.98. The average Bonchev–Trinajstić information content (AvgIpc) is 3.54. The predicted octanol–water partition coefficient (Wildman–Crippen LogP) is 3.41. The minimum absolute atomic E-state index is 0.380. The molecule has 1 atom stereocenters. The van der Waals surface area contributed by atoms with Crippen molar-refractivity contribution in [1.82, 2.24) is 19.6 Å². The highest BCUT2D eigenvalue weighted by Crippen LogP contribution is 2.26. The Morgan fingerprint density at radius 2 is 1.29 bits per heavy atom. The fraction of sp³-hybridized carbons (Fsp3) is 0.545. The first-order chi connectivity index (χ1) is 19.2. The van der Waals surface area contributed by atoms with Gasteiger partial charge in [-0.05, 0) is 32.0 Å². The topological polar surface area (TPSA) is 148 Å². The number of aromatic nitrogens is 2. The van der Waals surface area contributed by atoms with Gasteiger partial charge in [0.05, 0.1) is 11.7 Å². The zero-order valence-corrected chi connectivity index (χ0v) is 21.6.